The molecule has 2 aliphatic heterocycles. The van der Waals surface area contributed by atoms with E-state index in [1.54, 1.807) is 18.2 Å². The van der Waals surface area contributed by atoms with E-state index in [1.165, 1.54) is 0 Å². The number of likely N-dealkylation sites (tertiary alicyclic amines) is 1. The van der Waals surface area contributed by atoms with Crippen molar-refractivity contribution in [3.8, 4) is 11.5 Å². The van der Waals surface area contributed by atoms with Gasteiger partial charge in [-0.25, -0.2) is 0 Å². The number of ether oxygens (including phenoxy) is 2. The van der Waals surface area contributed by atoms with Crippen molar-refractivity contribution in [1.29, 1.82) is 0 Å². The van der Waals surface area contributed by atoms with E-state index in [-0.39, 0.29) is 24.5 Å². The Hall–Kier alpha value is -2.28. The van der Waals surface area contributed by atoms with E-state index in [0.29, 0.717) is 30.2 Å². The van der Waals surface area contributed by atoms with E-state index in [1.807, 2.05) is 0 Å². The Morgan fingerprint density at radius 3 is 2.70 bits per heavy atom. The van der Waals surface area contributed by atoms with Gasteiger partial charge in [-0.05, 0) is 38.1 Å². The highest BCUT2D eigenvalue weighted by molar-refractivity contribution is 5.91. The molecule has 23 heavy (non-hydrogen) atoms. The summed E-state index contributed by atoms with van der Waals surface area (Å²) in [5.41, 5.74) is 6.02. The van der Waals surface area contributed by atoms with Crippen LogP contribution >= 0.6 is 0 Å². The molecule has 0 saturated carbocycles. The molecule has 1 saturated heterocycles. The van der Waals surface area contributed by atoms with Crippen LogP contribution in [-0.4, -0.2) is 43.1 Å². The Kier molecular flexibility index (Phi) is 4.66. The van der Waals surface area contributed by atoms with Crippen LogP contribution in [0.15, 0.2) is 18.2 Å². The number of carbonyl (C=O) groups excluding carboxylic acids is 2. The zero-order valence-electron chi connectivity index (χ0n) is 12.9. The second kappa shape index (κ2) is 6.87. The highest BCUT2D eigenvalue weighted by atomic mass is 16.7. The first-order chi connectivity index (χ1) is 11.1. The van der Waals surface area contributed by atoms with Gasteiger partial charge in [0.25, 0.3) is 0 Å². The smallest absolute Gasteiger partial charge is 0.231 e. The fourth-order valence-corrected chi connectivity index (χ4v) is 2.90. The minimum absolute atomic E-state index is 0.0197. The topological polar surface area (TPSA) is 93.9 Å². The molecule has 1 aromatic rings. The minimum atomic E-state index is -0.217. The lowest BCUT2D eigenvalue weighted by Gasteiger charge is -2.30. The Morgan fingerprint density at radius 1 is 1.22 bits per heavy atom. The number of hydrogen-bond donors (Lipinski definition) is 2. The molecule has 2 heterocycles. The van der Waals surface area contributed by atoms with Crippen LogP contribution in [0.3, 0.4) is 0 Å². The molecule has 7 heteroatoms. The van der Waals surface area contributed by atoms with Crippen molar-refractivity contribution in [1.82, 2.24) is 4.90 Å². The number of nitrogens with zero attached hydrogens (tertiary/aromatic N) is 1. The van der Waals surface area contributed by atoms with Gasteiger partial charge < -0.3 is 25.4 Å². The Bertz CT molecular complexity index is 597. The van der Waals surface area contributed by atoms with Gasteiger partial charge in [0.2, 0.25) is 18.6 Å². The van der Waals surface area contributed by atoms with Gasteiger partial charge in [0.05, 0.1) is 0 Å². The van der Waals surface area contributed by atoms with Crippen LogP contribution in [0.1, 0.15) is 19.3 Å². The summed E-state index contributed by atoms with van der Waals surface area (Å²) in [6, 6.07) is 5.34. The predicted molar refractivity (Wildman–Crippen MR) is 84.2 cm³/mol. The second-order valence-corrected chi connectivity index (χ2v) is 5.88. The molecule has 0 bridgehead atoms. The number of rotatable bonds is 5. The molecule has 124 valence electrons. The third kappa shape index (κ3) is 3.92. The quantitative estimate of drug-likeness (QED) is 0.842. The fraction of sp³-hybridized carbons (Fsp3) is 0.500. The number of carbonyl (C=O) groups is 2. The molecule has 0 radical (unpaired) electrons. The average molecular weight is 319 g/mol. The largest absolute Gasteiger partial charge is 0.454 e. The Labute approximate surface area is 134 Å². The molecular formula is C16H21N3O4. The van der Waals surface area contributed by atoms with Crippen LogP contribution in [0.25, 0.3) is 0 Å². The van der Waals surface area contributed by atoms with Gasteiger partial charge in [-0.3, -0.25) is 9.59 Å². The van der Waals surface area contributed by atoms with Gasteiger partial charge in [0, 0.05) is 30.6 Å². The number of hydrogen-bond acceptors (Lipinski definition) is 5. The molecule has 0 unspecified atom stereocenters. The summed E-state index contributed by atoms with van der Waals surface area (Å²) in [5, 5.41) is 2.86. The molecular weight excluding hydrogens is 298 g/mol. The molecule has 7 nitrogen and oxygen atoms in total. The Balaban J connectivity index is 1.43. The highest BCUT2D eigenvalue weighted by Gasteiger charge is 2.23. The molecule has 0 aromatic heterocycles. The molecule has 1 aromatic carbocycles. The van der Waals surface area contributed by atoms with Crippen LogP contribution in [0.5, 0.6) is 11.5 Å². The first-order valence-corrected chi connectivity index (χ1v) is 7.83. The van der Waals surface area contributed by atoms with Crippen molar-refractivity contribution in [3.63, 3.8) is 0 Å². The molecule has 3 rings (SSSR count). The average Bonchev–Trinajstić information content (AvgIpc) is 3.01. The zero-order valence-corrected chi connectivity index (χ0v) is 12.9. The van der Waals surface area contributed by atoms with E-state index in [0.717, 1.165) is 25.9 Å². The van der Waals surface area contributed by atoms with Crippen LogP contribution in [0.2, 0.25) is 0 Å². The van der Waals surface area contributed by atoms with E-state index < -0.39 is 0 Å². The van der Waals surface area contributed by atoms with Crippen LogP contribution in [0, 0.1) is 5.92 Å². The number of benzene rings is 1. The van der Waals surface area contributed by atoms with E-state index in [4.69, 9.17) is 15.2 Å². The van der Waals surface area contributed by atoms with Crippen LogP contribution in [0.4, 0.5) is 5.69 Å². The minimum Gasteiger partial charge on any atom is -0.454 e. The van der Waals surface area contributed by atoms with Gasteiger partial charge in [-0.1, -0.05) is 0 Å². The monoisotopic (exact) mass is 319 g/mol. The maximum atomic E-state index is 12.0. The van der Waals surface area contributed by atoms with Crippen molar-refractivity contribution in [2.24, 2.45) is 11.7 Å². The van der Waals surface area contributed by atoms with Crippen molar-refractivity contribution < 1.29 is 19.1 Å². The van der Waals surface area contributed by atoms with E-state index in [2.05, 4.69) is 10.2 Å². The molecule has 2 amide bonds. The number of nitrogens with one attached hydrogen (secondary N) is 1. The maximum Gasteiger partial charge on any atom is 0.231 e. The lowest BCUT2D eigenvalue weighted by Crippen LogP contribution is -2.39. The summed E-state index contributed by atoms with van der Waals surface area (Å²) in [7, 11) is 0. The highest BCUT2D eigenvalue weighted by Crippen LogP contribution is 2.34. The molecule has 3 N–H and O–H groups in total. The first-order valence-electron chi connectivity index (χ1n) is 7.83. The predicted octanol–water partition coefficient (Wildman–Crippen LogP) is 0.941. The standard InChI is InChI=1S/C16H21N3O4/c17-16(21)11-3-6-19(7-4-11)8-5-15(20)18-12-1-2-13-14(9-12)23-10-22-13/h1-2,9,11H,3-8,10H2,(H2,17,21)(H,18,20). The van der Waals surface area contributed by atoms with Crippen molar-refractivity contribution >= 4 is 17.5 Å². The Morgan fingerprint density at radius 2 is 1.96 bits per heavy atom. The summed E-state index contributed by atoms with van der Waals surface area (Å²) < 4.78 is 10.5. The lowest BCUT2D eigenvalue weighted by atomic mass is 9.96. The summed E-state index contributed by atoms with van der Waals surface area (Å²) in [5.74, 6) is 1.07. The van der Waals surface area contributed by atoms with E-state index in [9.17, 15) is 9.59 Å². The SMILES string of the molecule is NC(=O)C1CCN(CCC(=O)Nc2ccc3c(c2)OCO3)CC1. The molecule has 0 aliphatic carbocycles. The number of fused-ring (bicyclic) bond motifs is 1. The number of anilines is 1. The second-order valence-electron chi connectivity index (χ2n) is 5.88. The van der Waals surface area contributed by atoms with E-state index >= 15 is 0 Å². The maximum absolute atomic E-state index is 12.0. The third-order valence-corrected chi connectivity index (χ3v) is 4.30. The van der Waals surface area contributed by atoms with Gasteiger partial charge in [-0.2, -0.15) is 0 Å². The molecule has 0 spiro atoms. The number of piperidine rings is 1. The fourth-order valence-electron chi connectivity index (χ4n) is 2.90. The number of primary amides is 1. The van der Waals surface area contributed by atoms with Gasteiger partial charge in [0.1, 0.15) is 0 Å². The first kappa shape index (κ1) is 15.6. The van der Waals surface area contributed by atoms with Crippen LogP contribution in [-0.2, 0) is 9.59 Å². The summed E-state index contributed by atoms with van der Waals surface area (Å²) >= 11 is 0. The summed E-state index contributed by atoms with van der Waals surface area (Å²) in [6.45, 7) is 2.52. The number of amides is 2. The summed E-state index contributed by atoms with van der Waals surface area (Å²) in [4.78, 5) is 25.4. The zero-order chi connectivity index (χ0) is 16.2. The summed E-state index contributed by atoms with van der Waals surface area (Å²) in [6.07, 6.45) is 1.97. The van der Waals surface area contributed by atoms with Gasteiger partial charge in [0.15, 0.2) is 11.5 Å². The van der Waals surface area contributed by atoms with Gasteiger partial charge >= 0.3 is 0 Å². The van der Waals surface area contributed by atoms with Crippen molar-refractivity contribution in [2.75, 3.05) is 31.7 Å². The molecule has 1 fully saturated rings. The normalized spacial score (nSPS) is 17.9. The number of nitrogens with two attached hydrogens (primary N) is 1. The molecule has 0 atom stereocenters. The molecule has 2 aliphatic rings. The van der Waals surface area contributed by atoms with Crippen molar-refractivity contribution in [2.45, 2.75) is 19.3 Å². The third-order valence-electron chi connectivity index (χ3n) is 4.30. The lowest BCUT2D eigenvalue weighted by molar-refractivity contribution is -0.123. The van der Waals surface area contributed by atoms with Crippen LogP contribution < -0.4 is 20.5 Å². The van der Waals surface area contributed by atoms with Gasteiger partial charge in [-0.15, -0.1) is 0 Å². The van der Waals surface area contributed by atoms with Crippen molar-refractivity contribution in [3.05, 3.63) is 18.2 Å².